The Hall–Kier alpha value is -3.53. The van der Waals surface area contributed by atoms with Gasteiger partial charge in [-0.15, -0.1) is 0 Å². The normalized spacial score (nSPS) is 10.8. The average Bonchev–Trinajstić information content (AvgIpc) is 3.15. The molecule has 4 aromatic rings. The Morgan fingerprint density at radius 3 is 2.54 bits per heavy atom. The second-order valence-corrected chi connectivity index (χ2v) is 6.10. The molecule has 0 aliphatic heterocycles. The lowest BCUT2D eigenvalue weighted by Gasteiger charge is -2.13. The van der Waals surface area contributed by atoms with E-state index >= 15 is 0 Å². The summed E-state index contributed by atoms with van der Waals surface area (Å²) in [5.74, 6) is 0.309. The number of nitrogens with two attached hydrogens (primary N) is 1. The van der Waals surface area contributed by atoms with Crippen molar-refractivity contribution in [2.45, 2.75) is 6.61 Å². The summed E-state index contributed by atoms with van der Waals surface area (Å²) in [6.45, 7) is 0.479. The highest BCUT2D eigenvalue weighted by Crippen LogP contribution is 2.33. The molecule has 0 aliphatic rings. The van der Waals surface area contributed by atoms with Gasteiger partial charge in [-0.1, -0.05) is 48.5 Å². The molecule has 0 atom stereocenters. The predicted octanol–water partition coefficient (Wildman–Crippen LogP) is 4.51. The van der Waals surface area contributed by atoms with Crippen molar-refractivity contribution in [3.05, 3.63) is 90.1 Å². The Morgan fingerprint density at radius 1 is 0.962 bits per heavy atom. The number of rotatable bonds is 5. The largest absolute Gasteiger partial charge is 0.488 e. The third-order valence-electron chi connectivity index (χ3n) is 4.36. The monoisotopic (exact) mass is 342 g/mol. The van der Waals surface area contributed by atoms with Crippen LogP contribution in [0.25, 0.3) is 22.0 Å². The molecule has 0 unspecified atom stereocenters. The Balaban J connectivity index is 1.74. The number of primary amides is 1. The van der Waals surface area contributed by atoms with E-state index in [0.717, 1.165) is 33.3 Å². The number of aromatic amines is 1. The second-order valence-electron chi connectivity index (χ2n) is 6.10. The predicted molar refractivity (Wildman–Crippen MR) is 103 cm³/mol. The Kier molecular flexibility index (Phi) is 4.15. The van der Waals surface area contributed by atoms with Crippen LogP contribution in [0.1, 0.15) is 15.9 Å². The van der Waals surface area contributed by atoms with Crippen LogP contribution >= 0.6 is 0 Å². The summed E-state index contributed by atoms with van der Waals surface area (Å²) in [5.41, 5.74) is 9.72. The maximum atomic E-state index is 11.9. The number of para-hydroxylation sites is 1. The van der Waals surface area contributed by atoms with E-state index in [4.69, 9.17) is 10.5 Å². The van der Waals surface area contributed by atoms with Crippen LogP contribution in [0, 0.1) is 0 Å². The van der Waals surface area contributed by atoms with Crippen molar-refractivity contribution in [2.24, 2.45) is 5.73 Å². The number of carbonyl (C=O) groups excluding carboxylic acids is 1. The number of benzene rings is 3. The summed E-state index contributed by atoms with van der Waals surface area (Å²) in [4.78, 5) is 14.9. The molecule has 3 aromatic carbocycles. The van der Waals surface area contributed by atoms with Gasteiger partial charge in [0.05, 0.1) is 11.1 Å². The van der Waals surface area contributed by atoms with Gasteiger partial charge in [0.15, 0.2) is 0 Å². The number of hydrogen-bond donors (Lipinski definition) is 2. The molecule has 0 saturated carbocycles. The zero-order chi connectivity index (χ0) is 17.9. The summed E-state index contributed by atoms with van der Waals surface area (Å²) in [5, 5.41) is 0.939. The van der Waals surface area contributed by atoms with Crippen molar-refractivity contribution >= 4 is 16.8 Å². The quantitative estimate of drug-likeness (QED) is 0.560. The van der Waals surface area contributed by atoms with Gasteiger partial charge < -0.3 is 15.5 Å². The van der Waals surface area contributed by atoms with Crippen LogP contribution in [-0.4, -0.2) is 10.9 Å². The van der Waals surface area contributed by atoms with Crippen molar-refractivity contribution in [3.63, 3.8) is 0 Å². The second kappa shape index (κ2) is 6.76. The van der Waals surface area contributed by atoms with Crippen LogP contribution < -0.4 is 10.5 Å². The Morgan fingerprint density at radius 2 is 1.73 bits per heavy atom. The zero-order valence-electron chi connectivity index (χ0n) is 14.1. The lowest BCUT2D eigenvalue weighted by atomic mass is 9.99. The molecule has 0 fully saturated rings. The smallest absolute Gasteiger partial charge is 0.250 e. The minimum atomic E-state index is -0.456. The van der Waals surface area contributed by atoms with Gasteiger partial charge in [0.2, 0.25) is 0 Å². The minimum absolute atomic E-state index is 0.456. The van der Waals surface area contributed by atoms with Gasteiger partial charge in [0, 0.05) is 17.1 Å². The Labute approximate surface area is 151 Å². The molecule has 1 amide bonds. The third-order valence-corrected chi connectivity index (χ3v) is 4.36. The fourth-order valence-corrected chi connectivity index (χ4v) is 3.09. The fourth-order valence-electron chi connectivity index (χ4n) is 3.09. The van der Waals surface area contributed by atoms with Crippen LogP contribution in [0.15, 0.2) is 79.0 Å². The molecule has 4 heteroatoms. The molecule has 1 heterocycles. The molecular formula is C22H18N2O2. The van der Waals surface area contributed by atoms with E-state index in [1.807, 2.05) is 72.8 Å². The van der Waals surface area contributed by atoms with Gasteiger partial charge in [-0.25, -0.2) is 0 Å². The van der Waals surface area contributed by atoms with Crippen LogP contribution in [0.5, 0.6) is 5.75 Å². The van der Waals surface area contributed by atoms with Crippen LogP contribution in [0.3, 0.4) is 0 Å². The number of carbonyl (C=O) groups is 1. The molecule has 0 bridgehead atoms. The van der Waals surface area contributed by atoms with E-state index in [-0.39, 0.29) is 0 Å². The molecule has 0 radical (unpaired) electrons. The molecule has 0 saturated heterocycles. The maximum Gasteiger partial charge on any atom is 0.250 e. The van der Waals surface area contributed by atoms with Gasteiger partial charge in [0.1, 0.15) is 12.4 Å². The van der Waals surface area contributed by atoms with E-state index in [1.165, 1.54) is 0 Å². The van der Waals surface area contributed by atoms with Gasteiger partial charge in [-0.2, -0.15) is 0 Å². The number of hydrogen-bond acceptors (Lipinski definition) is 2. The first-order valence-electron chi connectivity index (χ1n) is 8.39. The summed E-state index contributed by atoms with van der Waals surface area (Å²) in [7, 11) is 0. The Bertz CT molecular complexity index is 1070. The van der Waals surface area contributed by atoms with E-state index < -0.39 is 5.91 Å². The lowest BCUT2D eigenvalue weighted by Crippen LogP contribution is -2.11. The molecule has 128 valence electrons. The maximum absolute atomic E-state index is 11.9. The third kappa shape index (κ3) is 3.05. The summed E-state index contributed by atoms with van der Waals surface area (Å²) >= 11 is 0. The molecule has 0 spiro atoms. The van der Waals surface area contributed by atoms with Gasteiger partial charge in [-0.3, -0.25) is 4.79 Å². The van der Waals surface area contributed by atoms with Gasteiger partial charge >= 0.3 is 0 Å². The van der Waals surface area contributed by atoms with E-state index in [0.29, 0.717) is 12.2 Å². The number of fused-ring (bicyclic) bond motifs is 1. The molecular weight excluding hydrogens is 324 g/mol. The van der Waals surface area contributed by atoms with Crippen LogP contribution in [-0.2, 0) is 6.61 Å². The number of amides is 1. The van der Waals surface area contributed by atoms with Gasteiger partial charge in [-0.05, 0) is 35.4 Å². The lowest BCUT2D eigenvalue weighted by molar-refractivity contribution is 0.100. The van der Waals surface area contributed by atoms with Crippen molar-refractivity contribution in [1.82, 2.24) is 4.98 Å². The van der Waals surface area contributed by atoms with E-state index in [2.05, 4.69) is 4.98 Å². The fraction of sp³-hybridized carbons (Fsp3) is 0.0455. The number of aromatic nitrogens is 1. The highest BCUT2D eigenvalue weighted by molar-refractivity contribution is 6.07. The van der Waals surface area contributed by atoms with Crippen molar-refractivity contribution in [2.75, 3.05) is 0 Å². The summed E-state index contributed by atoms with van der Waals surface area (Å²) in [6.07, 6.45) is 1.80. The zero-order valence-corrected chi connectivity index (χ0v) is 14.1. The molecule has 1 aromatic heterocycles. The summed E-state index contributed by atoms with van der Waals surface area (Å²) in [6, 6.07) is 23.6. The summed E-state index contributed by atoms with van der Waals surface area (Å²) < 4.78 is 6.05. The first-order valence-corrected chi connectivity index (χ1v) is 8.39. The number of ether oxygens (including phenoxy) is 1. The van der Waals surface area contributed by atoms with Crippen molar-refractivity contribution in [1.29, 1.82) is 0 Å². The first kappa shape index (κ1) is 16.0. The molecule has 26 heavy (non-hydrogen) atoms. The van der Waals surface area contributed by atoms with Gasteiger partial charge in [0.25, 0.3) is 5.91 Å². The average molecular weight is 342 g/mol. The first-order chi connectivity index (χ1) is 12.7. The molecule has 4 rings (SSSR count). The van der Waals surface area contributed by atoms with Crippen molar-refractivity contribution < 1.29 is 9.53 Å². The SMILES string of the molecule is NC(=O)c1cc(-c2ccccc2OCc2ccccc2)cc2cc[nH]c12. The topological polar surface area (TPSA) is 68.1 Å². The molecule has 4 nitrogen and oxygen atoms in total. The van der Waals surface area contributed by atoms with E-state index in [9.17, 15) is 4.79 Å². The van der Waals surface area contributed by atoms with Crippen molar-refractivity contribution in [3.8, 4) is 16.9 Å². The van der Waals surface area contributed by atoms with Crippen LogP contribution in [0.2, 0.25) is 0 Å². The van der Waals surface area contributed by atoms with Crippen LogP contribution in [0.4, 0.5) is 0 Å². The number of H-pyrrole nitrogens is 1. The standard InChI is InChI=1S/C22H18N2O2/c23-22(25)19-13-17(12-16-10-11-24-21(16)19)18-8-4-5-9-20(18)26-14-15-6-2-1-3-7-15/h1-13,24H,14H2,(H2,23,25). The number of nitrogens with one attached hydrogen (secondary N) is 1. The minimum Gasteiger partial charge on any atom is -0.488 e. The van der Waals surface area contributed by atoms with E-state index in [1.54, 1.807) is 6.20 Å². The highest BCUT2D eigenvalue weighted by atomic mass is 16.5. The highest BCUT2D eigenvalue weighted by Gasteiger charge is 2.13. The molecule has 0 aliphatic carbocycles. The molecule has 3 N–H and O–H groups in total.